The van der Waals surface area contributed by atoms with Gasteiger partial charge in [0.2, 0.25) is 11.8 Å². The molecular weight excluding hydrogens is 352 g/mol. The minimum atomic E-state index is -0.144. The molecule has 138 valence electrons. The van der Waals surface area contributed by atoms with Crippen molar-refractivity contribution in [2.24, 2.45) is 5.92 Å². The second-order valence-corrected chi connectivity index (χ2v) is 6.71. The largest absolute Gasteiger partial charge is 0.497 e. The fourth-order valence-electron chi connectivity index (χ4n) is 2.47. The number of amides is 2. The summed E-state index contributed by atoms with van der Waals surface area (Å²) < 4.78 is 5.08. The Hall–Kier alpha value is -2.53. The van der Waals surface area contributed by atoms with Gasteiger partial charge in [0.1, 0.15) is 5.75 Å². The summed E-state index contributed by atoms with van der Waals surface area (Å²) in [5, 5.41) is 6.23. The van der Waals surface area contributed by atoms with Gasteiger partial charge in [-0.2, -0.15) is 0 Å². The van der Waals surface area contributed by atoms with Gasteiger partial charge in [0.05, 0.1) is 7.11 Å². The highest BCUT2D eigenvalue weighted by Crippen LogP contribution is 2.21. The van der Waals surface area contributed by atoms with Gasteiger partial charge in [-0.15, -0.1) is 0 Å². The fourth-order valence-corrected chi connectivity index (χ4v) is 2.65. The molecule has 5 nitrogen and oxygen atoms in total. The van der Waals surface area contributed by atoms with Gasteiger partial charge in [-0.05, 0) is 54.8 Å². The maximum absolute atomic E-state index is 12.1. The average Bonchev–Trinajstić information content (AvgIpc) is 2.58. The Balaban J connectivity index is 1.80. The number of carbonyl (C=O) groups is 2. The quantitative estimate of drug-likeness (QED) is 0.741. The molecule has 0 spiro atoms. The van der Waals surface area contributed by atoms with Crippen molar-refractivity contribution in [2.75, 3.05) is 17.7 Å². The van der Waals surface area contributed by atoms with Gasteiger partial charge < -0.3 is 15.4 Å². The van der Waals surface area contributed by atoms with Crippen molar-refractivity contribution in [1.29, 1.82) is 0 Å². The summed E-state index contributed by atoms with van der Waals surface area (Å²) in [6.07, 6.45) is 0.510. The molecule has 0 radical (unpaired) electrons. The summed E-state index contributed by atoms with van der Waals surface area (Å²) in [6, 6.07) is 12.5. The standard InChI is InChI=1S/C20H23ClN2O3/c1-13(10-19(24)22-15-6-8-17(26-3)9-7-15)11-20(25)23-16-5-4-14(2)18(21)12-16/h4-9,12-13H,10-11H2,1-3H3,(H,22,24)(H,23,25)/t13-/m0/s1. The summed E-state index contributed by atoms with van der Waals surface area (Å²) in [4.78, 5) is 24.2. The molecule has 0 bridgehead atoms. The Kier molecular flexibility index (Phi) is 7.04. The molecule has 0 saturated heterocycles. The second kappa shape index (κ2) is 9.25. The zero-order chi connectivity index (χ0) is 19.1. The average molecular weight is 375 g/mol. The maximum atomic E-state index is 12.1. The van der Waals surface area contributed by atoms with Crippen molar-refractivity contribution in [1.82, 2.24) is 0 Å². The first-order valence-corrected chi connectivity index (χ1v) is 8.75. The zero-order valence-corrected chi connectivity index (χ0v) is 15.9. The van der Waals surface area contributed by atoms with Crippen molar-refractivity contribution < 1.29 is 14.3 Å². The van der Waals surface area contributed by atoms with E-state index >= 15 is 0 Å². The van der Waals surface area contributed by atoms with Crippen LogP contribution in [0.4, 0.5) is 11.4 Å². The molecule has 0 heterocycles. The lowest BCUT2D eigenvalue weighted by Gasteiger charge is -2.12. The van der Waals surface area contributed by atoms with Crippen LogP contribution in [0.3, 0.4) is 0 Å². The number of ether oxygens (including phenoxy) is 1. The van der Waals surface area contributed by atoms with Gasteiger partial charge >= 0.3 is 0 Å². The van der Waals surface area contributed by atoms with E-state index in [0.29, 0.717) is 16.4 Å². The zero-order valence-electron chi connectivity index (χ0n) is 15.1. The van der Waals surface area contributed by atoms with Gasteiger partial charge in [0.25, 0.3) is 0 Å². The van der Waals surface area contributed by atoms with E-state index in [1.165, 1.54) is 0 Å². The Labute approximate surface area is 158 Å². The number of nitrogens with one attached hydrogen (secondary N) is 2. The van der Waals surface area contributed by atoms with Crippen LogP contribution in [0.5, 0.6) is 5.75 Å². The first kappa shape index (κ1) is 19.8. The lowest BCUT2D eigenvalue weighted by atomic mass is 10.0. The van der Waals surface area contributed by atoms with Crippen molar-refractivity contribution in [3.8, 4) is 5.75 Å². The molecule has 1 atom stereocenters. The fraction of sp³-hybridized carbons (Fsp3) is 0.300. The monoisotopic (exact) mass is 374 g/mol. The van der Waals surface area contributed by atoms with Crippen LogP contribution in [-0.2, 0) is 9.59 Å². The second-order valence-electron chi connectivity index (χ2n) is 6.30. The molecule has 0 aliphatic rings. The SMILES string of the molecule is COc1ccc(NC(=O)C[C@H](C)CC(=O)Nc2ccc(C)c(Cl)c2)cc1. The smallest absolute Gasteiger partial charge is 0.224 e. The van der Waals surface area contributed by atoms with E-state index in [2.05, 4.69) is 10.6 Å². The Morgan fingerprint density at radius 2 is 1.54 bits per heavy atom. The molecule has 0 fully saturated rings. The topological polar surface area (TPSA) is 67.4 Å². The van der Waals surface area contributed by atoms with Crippen LogP contribution in [0.1, 0.15) is 25.3 Å². The van der Waals surface area contributed by atoms with Crippen molar-refractivity contribution in [3.05, 3.63) is 53.1 Å². The van der Waals surface area contributed by atoms with Gasteiger partial charge in [-0.1, -0.05) is 24.6 Å². The lowest BCUT2D eigenvalue weighted by Crippen LogP contribution is -2.20. The summed E-state index contributed by atoms with van der Waals surface area (Å²) in [6.45, 7) is 3.77. The Bertz CT molecular complexity index is 775. The predicted octanol–water partition coefficient (Wildman–Crippen LogP) is 4.65. The van der Waals surface area contributed by atoms with E-state index in [0.717, 1.165) is 11.3 Å². The van der Waals surface area contributed by atoms with Gasteiger partial charge in [0, 0.05) is 29.2 Å². The number of rotatable bonds is 7. The highest BCUT2D eigenvalue weighted by atomic mass is 35.5. The number of hydrogen-bond acceptors (Lipinski definition) is 3. The van der Waals surface area contributed by atoms with Crippen molar-refractivity contribution in [2.45, 2.75) is 26.7 Å². The summed E-state index contributed by atoms with van der Waals surface area (Å²) in [5.41, 5.74) is 2.30. The first-order chi connectivity index (χ1) is 12.4. The third-order valence-electron chi connectivity index (χ3n) is 3.90. The van der Waals surface area contributed by atoms with E-state index in [9.17, 15) is 9.59 Å². The molecular formula is C20H23ClN2O3. The molecule has 26 heavy (non-hydrogen) atoms. The lowest BCUT2D eigenvalue weighted by molar-refractivity contribution is -0.118. The van der Waals surface area contributed by atoms with E-state index < -0.39 is 0 Å². The predicted molar refractivity (Wildman–Crippen MR) is 105 cm³/mol. The van der Waals surface area contributed by atoms with Crippen LogP contribution < -0.4 is 15.4 Å². The molecule has 6 heteroatoms. The summed E-state index contributed by atoms with van der Waals surface area (Å²) >= 11 is 6.06. The Morgan fingerprint density at radius 3 is 2.08 bits per heavy atom. The maximum Gasteiger partial charge on any atom is 0.224 e. The highest BCUT2D eigenvalue weighted by Gasteiger charge is 2.14. The molecule has 0 aliphatic carbocycles. The van der Waals surface area contributed by atoms with Crippen LogP contribution in [0.2, 0.25) is 5.02 Å². The Morgan fingerprint density at radius 1 is 1.00 bits per heavy atom. The van der Waals surface area contributed by atoms with E-state index in [-0.39, 0.29) is 30.6 Å². The molecule has 0 unspecified atom stereocenters. The molecule has 0 aromatic heterocycles. The van der Waals surface area contributed by atoms with Gasteiger partial charge in [-0.25, -0.2) is 0 Å². The minimum absolute atomic E-state index is 0.0887. The van der Waals surface area contributed by atoms with Crippen molar-refractivity contribution in [3.63, 3.8) is 0 Å². The molecule has 2 rings (SSSR count). The molecule has 0 aliphatic heterocycles. The number of benzene rings is 2. The molecule has 2 N–H and O–H groups in total. The van der Waals surface area contributed by atoms with E-state index in [4.69, 9.17) is 16.3 Å². The van der Waals surface area contributed by atoms with Gasteiger partial charge in [-0.3, -0.25) is 9.59 Å². The molecule has 2 aromatic rings. The van der Waals surface area contributed by atoms with E-state index in [1.54, 1.807) is 43.5 Å². The molecule has 2 amide bonds. The number of carbonyl (C=O) groups excluding carboxylic acids is 2. The normalized spacial score (nSPS) is 11.5. The number of anilines is 2. The van der Waals surface area contributed by atoms with Crippen LogP contribution in [0.15, 0.2) is 42.5 Å². The number of hydrogen-bond donors (Lipinski definition) is 2. The van der Waals surface area contributed by atoms with Gasteiger partial charge in [0.15, 0.2) is 0 Å². The van der Waals surface area contributed by atoms with E-state index in [1.807, 2.05) is 19.9 Å². The number of halogens is 1. The highest BCUT2D eigenvalue weighted by molar-refractivity contribution is 6.31. The summed E-state index contributed by atoms with van der Waals surface area (Å²) in [5.74, 6) is 0.363. The minimum Gasteiger partial charge on any atom is -0.497 e. The van der Waals surface area contributed by atoms with Crippen LogP contribution in [0, 0.1) is 12.8 Å². The van der Waals surface area contributed by atoms with Crippen LogP contribution in [-0.4, -0.2) is 18.9 Å². The number of methoxy groups -OCH3 is 1. The molecule has 2 aromatic carbocycles. The summed E-state index contributed by atoms with van der Waals surface area (Å²) in [7, 11) is 1.59. The molecule has 0 saturated carbocycles. The first-order valence-electron chi connectivity index (χ1n) is 8.37. The third kappa shape index (κ3) is 6.08. The van der Waals surface area contributed by atoms with Crippen LogP contribution in [0.25, 0.3) is 0 Å². The number of aryl methyl sites for hydroxylation is 1. The third-order valence-corrected chi connectivity index (χ3v) is 4.30. The van der Waals surface area contributed by atoms with Crippen LogP contribution >= 0.6 is 11.6 Å². The van der Waals surface area contributed by atoms with Crippen molar-refractivity contribution >= 4 is 34.8 Å².